The molecular weight excluding hydrogens is 372 g/mol. The minimum Gasteiger partial charge on any atom is -0.338 e. The maximum Gasteiger partial charge on any atom is 0.253 e. The molecule has 0 spiro atoms. The highest BCUT2D eigenvalue weighted by Gasteiger charge is 2.24. The second kappa shape index (κ2) is 7.48. The number of carbonyl (C=O) groups is 1. The second-order valence-electron chi connectivity index (χ2n) is 7.39. The van der Waals surface area contributed by atoms with Gasteiger partial charge in [-0.1, -0.05) is 17.3 Å². The molecule has 0 radical (unpaired) electrons. The van der Waals surface area contributed by atoms with Crippen LogP contribution in [0.5, 0.6) is 0 Å². The summed E-state index contributed by atoms with van der Waals surface area (Å²) < 4.78 is 5.40. The number of hydrogen-bond acceptors (Lipinski definition) is 6. The van der Waals surface area contributed by atoms with Gasteiger partial charge in [-0.15, -0.1) is 11.3 Å². The number of fused-ring (bicyclic) bond motifs is 1. The van der Waals surface area contributed by atoms with Gasteiger partial charge in [0.05, 0.1) is 11.4 Å². The molecule has 1 aliphatic carbocycles. The first-order valence-electron chi connectivity index (χ1n) is 9.76. The van der Waals surface area contributed by atoms with Crippen LogP contribution in [0.25, 0.3) is 10.7 Å². The molecule has 2 aromatic heterocycles. The molecule has 0 saturated carbocycles. The van der Waals surface area contributed by atoms with Crippen LogP contribution in [0.15, 0.2) is 40.2 Å². The number of aryl methyl sites for hydroxylation is 2. The van der Waals surface area contributed by atoms with E-state index in [1.54, 1.807) is 11.3 Å². The summed E-state index contributed by atoms with van der Waals surface area (Å²) in [6, 6.07) is 10.2. The van der Waals surface area contributed by atoms with Crippen LogP contribution in [0.1, 0.15) is 33.8 Å². The Morgan fingerprint density at radius 3 is 2.79 bits per heavy atom. The van der Waals surface area contributed by atoms with Gasteiger partial charge in [-0.05, 0) is 54.0 Å². The van der Waals surface area contributed by atoms with E-state index in [2.05, 4.69) is 27.2 Å². The molecule has 0 bridgehead atoms. The third kappa shape index (κ3) is 3.47. The molecule has 0 N–H and O–H groups in total. The number of thiophene rings is 1. The third-order valence-corrected chi connectivity index (χ3v) is 6.44. The number of nitrogens with zero attached hydrogens (tertiary/aromatic N) is 4. The molecule has 1 aliphatic heterocycles. The molecule has 1 aromatic carbocycles. The summed E-state index contributed by atoms with van der Waals surface area (Å²) >= 11 is 1.60. The first-order valence-corrected chi connectivity index (χ1v) is 10.6. The van der Waals surface area contributed by atoms with Crippen LogP contribution in [0.2, 0.25) is 0 Å². The van der Waals surface area contributed by atoms with Crippen molar-refractivity contribution in [3.8, 4) is 10.7 Å². The minimum absolute atomic E-state index is 0.145. The van der Waals surface area contributed by atoms with Crippen molar-refractivity contribution in [2.45, 2.75) is 25.8 Å². The zero-order valence-corrected chi connectivity index (χ0v) is 16.5. The molecule has 0 unspecified atom stereocenters. The van der Waals surface area contributed by atoms with E-state index in [1.165, 1.54) is 17.5 Å². The zero-order valence-electron chi connectivity index (χ0n) is 15.6. The summed E-state index contributed by atoms with van der Waals surface area (Å²) in [6.07, 6.45) is 3.45. The third-order valence-electron chi connectivity index (χ3n) is 5.57. The highest BCUT2D eigenvalue weighted by molar-refractivity contribution is 7.13. The molecule has 7 heteroatoms. The highest BCUT2D eigenvalue weighted by Crippen LogP contribution is 2.24. The summed E-state index contributed by atoms with van der Waals surface area (Å²) in [7, 11) is 0. The first kappa shape index (κ1) is 17.6. The van der Waals surface area contributed by atoms with Gasteiger partial charge in [-0.25, -0.2) is 0 Å². The molecule has 3 heterocycles. The summed E-state index contributed by atoms with van der Waals surface area (Å²) in [5.41, 5.74) is 3.58. The van der Waals surface area contributed by atoms with E-state index in [0.717, 1.165) is 49.5 Å². The molecule has 3 aromatic rings. The Bertz CT molecular complexity index is 974. The van der Waals surface area contributed by atoms with Gasteiger partial charge in [-0.3, -0.25) is 9.69 Å². The standard InChI is InChI=1S/C21H22N4O2S/c26-21(17-7-6-15-3-1-4-16(15)13-17)25-10-8-24(9-11-25)14-19-22-20(23-27-19)18-5-2-12-28-18/h2,5-7,12-13H,1,3-4,8-11,14H2. The lowest BCUT2D eigenvalue weighted by molar-refractivity contribution is 0.0615. The van der Waals surface area contributed by atoms with Crippen LogP contribution in [0, 0.1) is 0 Å². The van der Waals surface area contributed by atoms with Gasteiger partial charge in [0.1, 0.15) is 0 Å². The van der Waals surface area contributed by atoms with Crippen LogP contribution < -0.4 is 0 Å². The first-order chi connectivity index (χ1) is 13.8. The van der Waals surface area contributed by atoms with Crippen LogP contribution in [-0.4, -0.2) is 52.0 Å². The topological polar surface area (TPSA) is 62.5 Å². The maximum absolute atomic E-state index is 12.9. The molecule has 1 saturated heterocycles. The quantitative estimate of drug-likeness (QED) is 0.680. The van der Waals surface area contributed by atoms with Crippen molar-refractivity contribution >= 4 is 17.2 Å². The Labute approximate surface area is 167 Å². The maximum atomic E-state index is 12.9. The van der Waals surface area contributed by atoms with Crippen molar-refractivity contribution in [2.24, 2.45) is 0 Å². The largest absolute Gasteiger partial charge is 0.338 e. The van der Waals surface area contributed by atoms with Crippen LogP contribution in [0.4, 0.5) is 0 Å². The molecule has 0 atom stereocenters. The predicted molar refractivity (Wildman–Crippen MR) is 107 cm³/mol. The molecule has 144 valence electrons. The lowest BCUT2D eigenvalue weighted by Crippen LogP contribution is -2.48. The number of hydrogen-bond donors (Lipinski definition) is 0. The monoisotopic (exact) mass is 394 g/mol. The highest BCUT2D eigenvalue weighted by atomic mass is 32.1. The molecule has 2 aliphatic rings. The van der Waals surface area contributed by atoms with Crippen molar-refractivity contribution in [3.63, 3.8) is 0 Å². The smallest absolute Gasteiger partial charge is 0.253 e. The number of amides is 1. The van der Waals surface area contributed by atoms with Gasteiger partial charge >= 0.3 is 0 Å². The lowest BCUT2D eigenvalue weighted by atomic mass is 10.1. The van der Waals surface area contributed by atoms with Gasteiger partial charge in [-0.2, -0.15) is 4.98 Å². The van der Waals surface area contributed by atoms with Crippen LogP contribution in [0.3, 0.4) is 0 Å². The zero-order chi connectivity index (χ0) is 18.9. The van der Waals surface area contributed by atoms with E-state index in [1.807, 2.05) is 28.5 Å². The van der Waals surface area contributed by atoms with Gasteiger partial charge in [0.25, 0.3) is 5.91 Å². The van der Waals surface area contributed by atoms with Crippen molar-refractivity contribution in [3.05, 3.63) is 58.3 Å². The normalized spacial score (nSPS) is 17.1. The summed E-state index contributed by atoms with van der Waals surface area (Å²) in [5, 5.41) is 6.07. The molecule has 28 heavy (non-hydrogen) atoms. The Balaban J connectivity index is 1.18. The molecule has 1 amide bonds. The molecule has 5 rings (SSSR count). The predicted octanol–water partition coefficient (Wildman–Crippen LogP) is 3.24. The molecule has 1 fully saturated rings. The Morgan fingerprint density at radius 1 is 1.11 bits per heavy atom. The van der Waals surface area contributed by atoms with E-state index in [0.29, 0.717) is 18.3 Å². The SMILES string of the molecule is O=C(c1ccc2c(c1)CCC2)N1CCN(Cc2nc(-c3cccs3)no2)CC1. The fourth-order valence-corrected chi connectivity index (χ4v) is 4.66. The van der Waals surface area contributed by atoms with E-state index >= 15 is 0 Å². The van der Waals surface area contributed by atoms with Gasteiger partial charge in [0.2, 0.25) is 11.7 Å². The van der Waals surface area contributed by atoms with Crippen molar-refractivity contribution in [1.29, 1.82) is 0 Å². The number of carbonyl (C=O) groups excluding carboxylic acids is 1. The number of benzene rings is 1. The number of aromatic nitrogens is 2. The Hall–Kier alpha value is -2.51. The minimum atomic E-state index is 0.145. The van der Waals surface area contributed by atoms with Crippen LogP contribution in [-0.2, 0) is 19.4 Å². The fraction of sp³-hybridized carbons (Fsp3) is 0.381. The Kier molecular flexibility index (Phi) is 4.70. The van der Waals surface area contributed by atoms with E-state index < -0.39 is 0 Å². The summed E-state index contributed by atoms with van der Waals surface area (Å²) in [4.78, 5) is 22.6. The van der Waals surface area contributed by atoms with Gasteiger partial charge in [0, 0.05) is 31.7 Å². The average molecular weight is 395 g/mol. The summed E-state index contributed by atoms with van der Waals surface area (Å²) in [6.45, 7) is 3.70. The second-order valence-corrected chi connectivity index (χ2v) is 8.34. The van der Waals surface area contributed by atoms with E-state index in [-0.39, 0.29) is 5.91 Å². The van der Waals surface area contributed by atoms with Crippen molar-refractivity contribution in [1.82, 2.24) is 19.9 Å². The fourth-order valence-electron chi connectivity index (χ4n) is 4.01. The van der Waals surface area contributed by atoms with Gasteiger partial charge in [0.15, 0.2) is 0 Å². The lowest BCUT2D eigenvalue weighted by Gasteiger charge is -2.34. The average Bonchev–Trinajstić information content (AvgIpc) is 3.48. The van der Waals surface area contributed by atoms with Crippen molar-refractivity contribution < 1.29 is 9.32 Å². The number of rotatable bonds is 4. The van der Waals surface area contributed by atoms with Crippen molar-refractivity contribution in [2.75, 3.05) is 26.2 Å². The Morgan fingerprint density at radius 2 is 1.96 bits per heavy atom. The number of piperazine rings is 1. The van der Waals surface area contributed by atoms with Gasteiger partial charge < -0.3 is 9.42 Å². The molecule has 6 nitrogen and oxygen atoms in total. The van der Waals surface area contributed by atoms with E-state index in [4.69, 9.17) is 4.52 Å². The van der Waals surface area contributed by atoms with E-state index in [9.17, 15) is 4.79 Å². The summed E-state index contributed by atoms with van der Waals surface area (Å²) in [5.74, 6) is 1.42. The molecular formula is C21H22N4O2S. The van der Waals surface area contributed by atoms with Crippen LogP contribution >= 0.6 is 11.3 Å².